The predicted octanol–water partition coefficient (Wildman–Crippen LogP) is 2.98. The molecule has 1 heterocycles. The maximum absolute atomic E-state index is 5.63. The van der Waals surface area contributed by atoms with Crippen LogP contribution in [0.4, 0.5) is 0 Å². The van der Waals surface area contributed by atoms with Crippen LogP contribution in [0, 0.1) is 0 Å². The van der Waals surface area contributed by atoms with Crippen LogP contribution in [0.15, 0.2) is 30.3 Å². The molecule has 0 N–H and O–H groups in total. The van der Waals surface area contributed by atoms with Crippen LogP contribution in [0.25, 0.3) is 10.8 Å². The van der Waals surface area contributed by atoms with Crippen LogP contribution in [-0.2, 0) is 22.3 Å². The highest BCUT2D eigenvalue weighted by Crippen LogP contribution is 2.36. The summed E-state index contributed by atoms with van der Waals surface area (Å²) in [6.45, 7) is 1.40. The van der Waals surface area contributed by atoms with Gasteiger partial charge in [-0.3, -0.25) is 0 Å². The standard InChI is InChI=1S/C15H14O2/c1-2-10-4-5-11-6-7-13(12(3-1)14(10)11)15-16-8-9-17-15/h1-3,6-7,15H,4-5,8-9H2. The van der Waals surface area contributed by atoms with E-state index < -0.39 is 0 Å². The molecular weight excluding hydrogens is 212 g/mol. The molecule has 0 unspecified atom stereocenters. The van der Waals surface area contributed by atoms with Crippen molar-refractivity contribution in [1.82, 2.24) is 0 Å². The molecule has 2 aromatic carbocycles. The first-order chi connectivity index (χ1) is 8.43. The van der Waals surface area contributed by atoms with Crippen molar-refractivity contribution in [3.63, 3.8) is 0 Å². The van der Waals surface area contributed by atoms with Crippen LogP contribution in [-0.4, -0.2) is 13.2 Å². The molecule has 0 aromatic heterocycles. The number of benzene rings is 2. The Morgan fingerprint density at radius 2 is 1.65 bits per heavy atom. The zero-order valence-corrected chi connectivity index (χ0v) is 9.61. The molecule has 0 saturated carbocycles. The maximum Gasteiger partial charge on any atom is 0.184 e. The van der Waals surface area contributed by atoms with E-state index in [1.54, 1.807) is 0 Å². The minimum absolute atomic E-state index is 0.167. The average molecular weight is 226 g/mol. The van der Waals surface area contributed by atoms with E-state index in [0.29, 0.717) is 13.2 Å². The second-order valence-corrected chi connectivity index (χ2v) is 4.73. The lowest BCUT2D eigenvalue weighted by Crippen LogP contribution is -1.99. The molecule has 2 heteroatoms. The van der Waals surface area contributed by atoms with Gasteiger partial charge in [-0.15, -0.1) is 0 Å². The molecule has 1 aliphatic carbocycles. The molecular formula is C15H14O2. The van der Waals surface area contributed by atoms with Crippen LogP contribution >= 0.6 is 0 Å². The van der Waals surface area contributed by atoms with E-state index in [2.05, 4.69) is 30.3 Å². The van der Waals surface area contributed by atoms with Crippen molar-refractivity contribution in [2.45, 2.75) is 19.1 Å². The minimum Gasteiger partial charge on any atom is -0.346 e. The van der Waals surface area contributed by atoms with Gasteiger partial charge in [0.25, 0.3) is 0 Å². The largest absolute Gasteiger partial charge is 0.346 e. The number of hydrogen-bond acceptors (Lipinski definition) is 2. The summed E-state index contributed by atoms with van der Waals surface area (Å²) in [4.78, 5) is 0. The summed E-state index contributed by atoms with van der Waals surface area (Å²) in [6.07, 6.45) is 2.17. The molecule has 0 amide bonds. The summed E-state index contributed by atoms with van der Waals surface area (Å²) in [5.74, 6) is 0. The smallest absolute Gasteiger partial charge is 0.184 e. The quantitative estimate of drug-likeness (QED) is 0.744. The molecule has 4 rings (SSSR count). The van der Waals surface area contributed by atoms with Gasteiger partial charge in [0.15, 0.2) is 6.29 Å². The van der Waals surface area contributed by atoms with Gasteiger partial charge in [-0.2, -0.15) is 0 Å². The monoisotopic (exact) mass is 226 g/mol. The third kappa shape index (κ3) is 1.34. The molecule has 17 heavy (non-hydrogen) atoms. The molecule has 1 saturated heterocycles. The predicted molar refractivity (Wildman–Crippen MR) is 66.0 cm³/mol. The molecule has 86 valence electrons. The first kappa shape index (κ1) is 9.63. The fraction of sp³-hybridized carbons (Fsp3) is 0.333. The van der Waals surface area contributed by atoms with Gasteiger partial charge in [0.1, 0.15) is 0 Å². The van der Waals surface area contributed by atoms with Gasteiger partial charge < -0.3 is 9.47 Å². The maximum atomic E-state index is 5.63. The Morgan fingerprint density at radius 3 is 2.47 bits per heavy atom. The van der Waals surface area contributed by atoms with E-state index in [-0.39, 0.29) is 6.29 Å². The highest BCUT2D eigenvalue weighted by Gasteiger charge is 2.23. The third-order valence-electron chi connectivity index (χ3n) is 3.79. The second-order valence-electron chi connectivity index (χ2n) is 4.73. The van der Waals surface area contributed by atoms with Crippen molar-refractivity contribution in [2.24, 2.45) is 0 Å². The van der Waals surface area contributed by atoms with E-state index >= 15 is 0 Å². The van der Waals surface area contributed by atoms with Gasteiger partial charge in [-0.25, -0.2) is 0 Å². The molecule has 0 bridgehead atoms. The van der Waals surface area contributed by atoms with Crippen molar-refractivity contribution in [2.75, 3.05) is 13.2 Å². The van der Waals surface area contributed by atoms with Crippen LogP contribution in [0.5, 0.6) is 0 Å². The summed E-state index contributed by atoms with van der Waals surface area (Å²) in [5, 5.41) is 2.74. The summed E-state index contributed by atoms with van der Waals surface area (Å²) < 4.78 is 11.3. The van der Waals surface area contributed by atoms with Gasteiger partial charge in [-0.1, -0.05) is 30.3 Å². The van der Waals surface area contributed by atoms with Crippen LogP contribution < -0.4 is 0 Å². The molecule has 0 spiro atoms. The Morgan fingerprint density at radius 1 is 0.882 bits per heavy atom. The summed E-state index contributed by atoms with van der Waals surface area (Å²) in [5.41, 5.74) is 4.12. The molecule has 2 aromatic rings. The Labute approximate surface area is 100 Å². The van der Waals surface area contributed by atoms with Gasteiger partial charge in [0.05, 0.1) is 13.2 Å². The number of aryl methyl sites for hydroxylation is 2. The fourth-order valence-electron chi connectivity index (χ4n) is 3.01. The van der Waals surface area contributed by atoms with Crippen LogP contribution in [0.3, 0.4) is 0 Å². The zero-order valence-electron chi connectivity index (χ0n) is 9.61. The highest BCUT2D eigenvalue weighted by molar-refractivity contribution is 5.93. The Kier molecular flexibility index (Phi) is 2.01. The Hall–Kier alpha value is -1.38. The fourth-order valence-corrected chi connectivity index (χ4v) is 3.01. The first-order valence-corrected chi connectivity index (χ1v) is 6.20. The first-order valence-electron chi connectivity index (χ1n) is 6.20. The van der Waals surface area contributed by atoms with Crippen molar-refractivity contribution >= 4 is 10.8 Å². The Balaban J connectivity index is 1.99. The van der Waals surface area contributed by atoms with Crippen molar-refractivity contribution in [1.29, 1.82) is 0 Å². The van der Waals surface area contributed by atoms with Gasteiger partial charge >= 0.3 is 0 Å². The highest BCUT2D eigenvalue weighted by atomic mass is 16.7. The second kappa shape index (κ2) is 3.56. The zero-order chi connectivity index (χ0) is 11.2. The third-order valence-corrected chi connectivity index (χ3v) is 3.79. The van der Waals surface area contributed by atoms with Gasteiger partial charge in [0.2, 0.25) is 0 Å². The topological polar surface area (TPSA) is 18.5 Å². The summed E-state index contributed by atoms with van der Waals surface area (Å²) in [6, 6.07) is 11.0. The molecule has 1 fully saturated rings. The molecule has 0 radical (unpaired) electrons. The molecule has 2 nitrogen and oxygen atoms in total. The number of rotatable bonds is 1. The van der Waals surface area contributed by atoms with Gasteiger partial charge in [-0.05, 0) is 34.7 Å². The van der Waals surface area contributed by atoms with Crippen LogP contribution in [0.1, 0.15) is 23.0 Å². The lowest BCUT2D eigenvalue weighted by molar-refractivity contribution is -0.0430. The lowest BCUT2D eigenvalue weighted by atomic mass is 10.00. The van der Waals surface area contributed by atoms with E-state index in [4.69, 9.17) is 9.47 Å². The minimum atomic E-state index is -0.167. The van der Waals surface area contributed by atoms with E-state index in [1.807, 2.05) is 0 Å². The van der Waals surface area contributed by atoms with Crippen molar-refractivity contribution in [3.8, 4) is 0 Å². The molecule has 0 atom stereocenters. The van der Waals surface area contributed by atoms with Crippen molar-refractivity contribution in [3.05, 3.63) is 47.0 Å². The van der Waals surface area contributed by atoms with Crippen LogP contribution in [0.2, 0.25) is 0 Å². The lowest BCUT2D eigenvalue weighted by Gasteiger charge is -2.13. The van der Waals surface area contributed by atoms with E-state index in [1.165, 1.54) is 40.3 Å². The summed E-state index contributed by atoms with van der Waals surface area (Å²) in [7, 11) is 0. The number of hydrogen-bond donors (Lipinski definition) is 0. The SMILES string of the molecule is c1cc2c3c(ccc(C4OCCO4)c3c1)CC2. The normalized spacial score (nSPS) is 19.3. The molecule has 2 aliphatic rings. The average Bonchev–Trinajstić information content (AvgIpc) is 3.00. The van der Waals surface area contributed by atoms with Gasteiger partial charge in [0, 0.05) is 5.56 Å². The van der Waals surface area contributed by atoms with E-state index in [9.17, 15) is 0 Å². The Bertz CT molecular complexity index is 572. The van der Waals surface area contributed by atoms with E-state index in [0.717, 1.165) is 0 Å². The summed E-state index contributed by atoms with van der Waals surface area (Å²) >= 11 is 0. The number of ether oxygens (including phenoxy) is 2. The van der Waals surface area contributed by atoms with Crippen molar-refractivity contribution < 1.29 is 9.47 Å². The molecule has 1 aliphatic heterocycles.